The molecule has 0 spiro atoms. The first-order valence-electron chi connectivity index (χ1n) is 8.93. The van der Waals surface area contributed by atoms with Crippen LogP contribution in [-0.4, -0.2) is 36.2 Å². The Hall–Kier alpha value is -2.73. The molecule has 0 saturated carbocycles. The molecule has 2 aliphatic heterocycles. The minimum absolute atomic E-state index is 0.00706. The number of amides is 3. The highest BCUT2D eigenvalue weighted by Crippen LogP contribution is 2.33. The minimum atomic E-state index is -0.404. The molecule has 4 rings (SSSR count). The van der Waals surface area contributed by atoms with Gasteiger partial charge in [0.25, 0.3) is 5.91 Å². The van der Waals surface area contributed by atoms with Crippen LogP contribution in [-0.2, 0) is 11.2 Å². The van der Waals surface area contributed by atoms with E-state index in [0.29, 0.717) is 18.7 Å². The van der Waals surface area contributed by atoms with Gasteiger partial charge in [0, 0.05) is 11.4 Å². The van der Waals surface area contributed by atoms with E-state index in [2.05, 4.69) is 22.8 Å². The van der Waals surface area contributed by atoms with Gasteiger partial charge in [-0.25, -0.2) is 4.79 Å². The molecule has 27 heavy (non-hydrogen) atoms. The van der Waals surface area contributed by atoms with E-state index >= 15 is 0 Å². The SMILES string of the molecule is CSc1ccc(C2NC(=O)NC3=C2C(=O)N(CCc2ccccc2)C3)cc1. The van der Waals surface area contributed by atoms with Crippen LogP contribution in [0.15, 0.2) is 70.8 Å². The first-order chi connectivity index (χ1) is 13.2. The van der Waals surface area contributed by atoms with Crippen molar-refractivity contribution >= 4 is 23.7 Å². The summed E-state index contributed by atoms with van der Waals surface area (Å²) < 4.78 is 0. The van der Waals surface area contributed by atoms with E-state index in [1.807, 2.05) is 53.6 Å². The topological polar surface area (TPSA) is 61.4 Å². The number of nitrogens with zero attached hydrogens (tertiary/aromatic N) is 1. The second-order valence-corrected chi connectivity index (χ2v) is 7.54. The smallest absolute Gasteiger partial charge is 0.319 e. The van der Waals surface area contributed by atoms with Gasteiger partial charge in [0.15, 0.2) is 0 Å². The number of hydrogen-bond donors (Lipinski definition) is 2. The summed E-state index contributed by atoms with van der Waals surface area (Å²) in [5.41, 5.74) is 3.49. The fourth-order valence-corrected chi connectivity index (χ4v) is 3.97. The molecule has 2 aliphatic rings. The second kappa shape index (κ2) is 7.48. The van der Waals surface area contributed by atoms with Crippen LogP contribution < -0.4 is 10.6 Å². The largest absolute Gasteiger partial charge is 0.333 e. The summed E-state index contributed by atoms with van der Waals surface area (Å²) in [4.78, 5) is 28.1. The summed E-state index contributed by atoms with van der Waals surface area (Å²) in [6, 6.07) is 17.4. The number of thioether (sulfide) groups is 1. The Labute approximate surface area is 162 Å². The fraction of sp³-hybridized carbons (Fsp3) is 0.238. The first kappa shape index (κ1) is 17.7. The van der Waals surface area contributed by atoms with Gasteiger partial charge in [-0.15, -0.1) is 11.8 Å². The molecule has 1 atom stereocenters. The molecule has 0 aromatic heterocycles. The molecule has 0 fully saturated rings. The lowest BCUT2D eigenvalue weighted by Gasteiger charge is -2.25. The van der Waals surface area contributed by atoms with Gasteiger partial charge in [0.1, 0.15) is 0 Å². The Kier molecular flexibility index (Phi) is 4.90. The van der Waals surface area contributed by atoms with E-state index < -0.39 is 6.04 Å². The summed E-state index contributed by atoms with van der Waals surface area (Å²) in [5, 5.41) is 5.73. The molecule has 5 nitrogen and oxygen atoms in total. The quantitative estimate of drug-likeness (QED) is 0.785. The predicted molar refractivity (Wildman–Crippen MR) is 106 cm³/mol. The average Bonchev–Trinajstić information content (AvgIpc) is 3.02. The molecular weight excluding hydrogens is 358 g/mol. The maximum atomic E-state index is 13.0. The predicted octanol–water partition coefficient (Wildman–Crippen LogP) is 3.10. The van der Waals surface area contributed by atoms with Gasteiger partial charge in [-0.1, -0.05) is 42.5 Å². The summed E-state index contributed by atoms with van der Waals surface area (Å²) in [6.07, 6.45) is 2.81. The molecule has 0 aliphatic carbocycles. The number of rotatable bonds is 5. The normalized spacial score (nSPS) is 19.0. The van der Waals surface area contributed by atoms with Gasteiger partial charge in [0.05, 0.1) is 23.9 Å². The molecule has 2 heterocycles. The van der Waals surface area contributed by atoms with Crippen molar-refractivity contribution in [1.29, 1.82) is 0 Å². The molecular formula is C21H21N3O2S. The van der Waals surface area contributed by atoms with Gasteiger partial charge < -0.3 is 15.5 Å². The molecule has 2 aromatic carbocycles. The number of nitrogens with one attached hydrogen (secondary N) is 2. The van der Waals surface area contributed by atoms with Crippen LogP contribution in [0.4, 0.5) is 4.79 Å². The monoisotopic (exact) mass is 379 g/mol. The molecule has 3 amide bonds. The van der Waals surface area contributed by atoms with Crippen LogP contribution in [0.3, 0.4) is 0 Å². The summed E-state index contributed by atoms with van der Waals surface area (Å²) in [6.45, 7) is 1.08. The van der Waals surface area contributed by atoms with Gasteiger partial charge in [0.2, 0.25) is 0 Å². The van der Waals surface area contributed by atoms with Crippen LogP contribution in [0.25, 0.3) is 0 Å². The van der Waals surface area contributed by atoms with E-state index in [-0.39, 0.29) is 11.9 Å². The number of hydrogen-bond acceptors (Lipinski definition) is 3. The van der Waals surface area contributed by atoms with E-state index in [0.717, 1.165) is 22.6 Å². The molecule has 0 radical (unpaired) electrons. The van der Waals surface area contributed by atoms with Crippen molar-refractivity contribution in [3.05, 3.63) is 77.0 Å². The Morgan fingerprint density at radius 1 is 1.07 bits per heavy atom. The molecule has 0 bridgehead atoms. The van der Waals surface area contributed by atoms with Gasteiger partial charge in [-0.2, -0.15) is 0 Å². The van der Waals surface area contributed by atoms with Crippen molar-refractivity contribution in [3.8, 4) is 0 Å². The number of carbonyl (C=O) groups is 2. The van der Waals surface area contributed by atoms with Crippen molar-refractivity contribution in [1.82, 2.24) is 15.5 Å². The third-order valence-corrected chi connectivity index (χ3v) is 5.73. The molecule has 2 aromatic rings. The van der Waals surface area contributed by atoms with Crippen molar-refractivity contribution in [2.24, 2.45) is 0 Å². The van der Waals surface area contributed by atoms with E-state index in [1.54, 1.807) is 11.8 Å². The second-order valence-electron chi connectivity index (χ2n) is 6.66. The summed E-state index contributed by atoms with van der Waals surface area (Å²) in [5.74, 6) is -0.00706. The molecule has 1 unspecified atom stereocenters. The highest BCUT2D eigenvalue weighted by atomic mass is 32.2. The van der Waals surface area contributed by atoms with Crippen LogP contribution in [0.2, 0.25) is 0 Å². The Morgan fingerprint density at radius 3 is 2.52 bits per heavy atom. The number of benzene rings is 2. The van der Waals surface area contributed by atoms with Crippen LogP contribution in [0.5, 0.6) is 0 Å². The zero-order valence-electron chi connectivity index (χ0n) is 15.1. The minimum Gasteiger partial charge on any atom is -0.333 e. The molecule has 2 N–H and O–H groups in total. The lowest BCUT2D eigenvalue weighted by atomic mass is 9.96. The van der Waals surface area contributed by atoms with Crippen LogP contribution in [0.1, 0.15) is 17.2 Å². The molecule has 0 saturated heterocycles. The maximum absolute atomic E-state index is 13.0. The van der Waals surface area contributed by atoms with Crippen molar-refractivity contribution < 1.29 is 9.59 Å². The van der Waals surface area contributed by atoms with Crippen LogP contribution in [0, 0.1) is 0 Å². The summed E-state index contributed by atoms with van der Waals surface area (Å²) >= 11 is 1.66. The Bertz CT molecular complexity index is 893. The van der Waals surface area contributed by atoms with Crippen molar-refractivity contribution in [3.63, 3.8) is 0 Å². The zero-order valence-corrected chi connectivity index (χ0v) is 15.9. The van der Waals surface area contributed by atoms with Crippen molar-refractivity contribution in [2.75, 3.05) is 19.3 Å². The number of urea groups is 1. The average molecular weight is 379 g/mol. The van der Waals surface area contributed by atoms with E-state index in [4.69, 9.17) is 0 Å². The lowest BCUT2D eigenvalue weighted by Crippen LogP contribution is -2.44. The van der Waals surface area contributed by atoms with Gasteiger partial charge in [-0.05, 0) is 35.9 Å². The third-order valence-electron chi connectivity index (χ3n) is 4.98. The summed E-state index contributed by atoms with van der Waals surface area (Å²) in [7, 11) is 0. The Morgan fingerprint density at radius 2 is 1.81 bits per heavy atom. The number of carbonyl (C=O) groups excluding carboxylic acids is 2. The third kappa shape index (κ3) is 3.57. The Balaban J connectivity index is 1.54. The lowest BCUT2D eigenvalue weighted by molar-refractivity contribution is -0.125. The van der Waals surface area contributed by atoms with Gasteiger partial charge in [-0.3, -0.25) is 4.79 Å². The van der Waals surface area contributed by atoms with E-state index in [9.17, 15) is 9.59 Å². The highest BCUT2D eigenvalue weighted by Gasteiger charge is 2.40. The van der Waals surface area contributed by atoms with Crippen LogP contribution >= 0.6 is 11.8 Å². The van der Waals surface area contributed by atoms with E-state index in [1.165, 1.54) is 5.56 Å². The first-order valence-corrected chi connectivity index (χ1v) is 10.2. The maximum Gasteiger partial charge on any atom is 0.319 e. The zero-order chi connectivity index (χ0) is 18.8. The van der Waals surface area contributed by atoms with Gasteiger partial charge >= 0.3 is 6.03 Å². The molecule has 6 heteroatoms. The standard InChI is InChI=1S/C21H21N3O2S/c1-27-16-9-7-15(8-10-16)19-18-17(22-21(26)23-19)13-24(20(18)25)12-11-14-5-3-2-4-6-14/h2-10,19H,11-13H2,1H3,(H2,22,23,26). The molecule has 138 valence electrons. The van der Waals surface area contributed by atoms with Crippen molar-refractivity contribution in [2.45, 2.75) is 17.4 Å². The fourth-order valence-electron chi connectivity index (χ4n) is 3.56. The highest BCUT2D eigenvalue weighted by molar-refractivity contribution is 7.98.